The molecule has 0 unspecified atom stereocenters. The smallest absolute Gasteiger partial charge is 0.257 e. The number of amides is 1. The molecule has 1 amide bonds. The van der Waals surface area contributed by atoms with Gasteiger partial charge in [0.1, 0.15) is 5.82 Å². The van der Waals surface area contributed by atoms with Crippen molar-refractivity contribution in [2.24, 2.45) is 0 Å². The Hall–Kier alpha value is -2.24. The van der Waals surface area contributed by atoms with E-state index in [1.165, 1.54) is 0 Å². The Morgan fingerprint density at radius 2 is 2.05 bits per heavy atom. The molecule has 0 aromatic carbocycles. The number of nitrogens with zero attached hydrogens (tertiary/aromatic N) is 5. The van der Waals surface area contributed by atoms with Crippen LogP contribution < -0.4 is 0 Å². The van der Waals surface area contributed by atoms with Gasteiger partial charge < -0.3 is 4.90 Å². The molecule has 6 heteroatoms. The molecule has 0 radical (unpaired) electrons. The van der Waals surface area contributed by atoms with Crippen LogP contribution in [-0.4, -0.2) is 43.6 Å². The van der Waals surface area contributed by atoms with Gasteiger partial charge in [-0.2, -0.15) is 5.10 Å². The minimum absolute atomic E-state index is 0.0153. The first-order chi connectivity index (χ1) is 10.5. The summed E-state index contributed by atoms with van der Waals surface area (Å²) in [5.74, 6) is 0.706. The van der Waals surface area contributed by atoms with Crippen LogP contribution in [0.25, 0.3) is 0 Å². The highest BCUT2D eigenvalue weighted by molar-refractivity contribution is 5.95. The molecule has 2 aromatic heterocycles. The minimum Gasteiger partial charge on any atom is -0.336 e. The van der Waals surface area contributed by atoms with Crippen molar-refractivity contribution < 1.29 is 4.79 Å². The van der Waals surface area contributed by atoms with Gasteiger partial charge in [0.15, 0.2) is 0 Å². The second-order valence-electron chi connectivity index (χ2n) is 5.98. The standard InChI is InChI=1S/C16H21N5O/c1-10-7-11(2)21(19-10)14-5-6-20(9-14)16(22)15-8-17-13(4)18-12(15)3/h7-8,14H,5-6,9H2,1-4H3/t14-/m0/s1. The average molecular weight is 299 g/mol. The molecule has 3 heterocycles. The molecule has 0 bridgehead atoms. The molecule has 0 saturated carbocycles. The van der Waals surface area contributed by atoms with E-state index in [-0.39, 0.29) is 11.9 Å². The molecule has 1 aliphatic heterocycles. The molecular formula is C16H21N5O. The number of hydrogen-bond donors (Lipinski definition) is 0. The molecule has 116 valence electrons. The summed E-state index contributed by atoms with van der Waals surface area (Å²) in [6.07, 6.45) is 2.57. The maximum absolute atomic E-state index is 12.7. The van der Waals surface area contributed by atoms with Gasteiger partial charge in [-0.1, -0.05) is 0 Å². The Bertz CT molecular complexity index is 721. The predicted molar refractivity (Wildman–Crippen MR) is 82.8 cm³/mol. The minimum atomic E-state index is 0.0153. The Balaban J connectivity index is 1.77. The fourth-order valence-electron chi connectivity index (χ4n) is 3.11. The molecule has 2 aromatic rings. The van der Waals surface area contributed by atoms with Gasteiger partial charge >= 0.3 is 0 Å². The molecule has 6 nitrogen and oxygen atoms in total. The molecule has 1 fully saturated rings. The maximum atomic E-state index is 12.7. The summed E-state index contributed by atoms with van der Waals surface area (Å²) >= 11 is 0. The van der Waals surface area contributed by atoms with Crippen LogP contribution in [-0.2, 0) is 0 Å². The van der Waals surface area contributed by atoms with Crippen LogP contribution >= 0.6 is 0 Å². The normalized spacial score (nSPS) is 18.0. The van der Waals surface area contributed by atoms with E-state index >= 15 is 0 Å². The Labute approximate surface area is 130 Å². The molecule has 0 spiro atoms. The largest absolute Gasteiger partial charge is 0.336 e. The topological polar surface area (TPSA) is 63.9 Å². The number of aromatic nitrogens is 4. The quantitative estimate of drug-likeness (QED) is 0.850. The summed E-state index contributed by atoms with van der Waals surface area (Å²) in [5, 5.41) is 4.54. The average Bonchev–Trinajstić information content (AvgIpc) is 3.04. The fourth-order valence-corrected chi connectivity index (χ4v) is 3.11. The van der Waals surface area contributed by atoms with Gasteiger partial charge in [0.05, 0.1) is 23.0 Å². The fraction of sp³-hybridized carbons (Fsp3) is 0.500. The van der Waals surface area contributed by atoms with Crippen molar-refractivity contribution in [2.45, 2.75) is 40.2 Å². The molecule has 1 aliphatic rings. The van der Waals surface area contributed by atoms with E-state index in [1.54, 1.807) is 6.20 Å². The van der Waals surface area contributed by atoms with Crippen molar-refractivity contribution in [3.8, 4) is 0 Å². The Morgan fingerprint density at radius 1 is 1.27 bits per heavy atom. The maximum Gasteiger partial charge on any atom is 0.257 e. The third kappa shape index (κ3) is 2.61. The summed E-state index contributed by atoms with van der Waals surface area (Å²) < 4.78 is 2.04. The van der Waals surface area contributed by atoms with E-state index in [1.807, 2.05) is 30.4 Å². The zero-order valence-electron chi connectivity index (χ0n) is 13.5. The summed E-state index contributed by atoms with van der Waals surface area (Å²) in [6.45, 7) is 9.17. The first-order valence-corrected chi connectivity index (χ1v) is 7.58. The van der Waals surface area contributed by atoms with E-state index in [4.69, 9.17) is 0 Å². The summed E-state index contributed by atoms with van der Waals surface area (Å²) in [7, 11) is 0. The van der Waals surface area contributed by atoms with E-state index in [0.717, 1.165) is 30.0 Å². The van der Waals surface area contributed by atoms with Crippen LogP contribution in [0, 0.1) is 27.7 Å². The van der Waals surface area contributed by atoms with Crippen LogP contribution in [0.3, 0.4) is 0 Å². The van der Waals surface area contributed by atoms with Gasteiger partial charge in [-0.3, -0.25) is 9.48 Å². The van der Waals surface area contributed by atoms with Gasteiger partial charge in [-0.15, -0.1) is 0 Å². The van der Waals surface area contributed by atoms with Crippen molar-refractivity contribution in [3.63, 3.8) is 0 Å². The number of likely N-dealkylation sites (tertiary alicyclic amines) is 1. The lowest BCUT2D eigenvalue weighted by Crippen LogP contribution is -2.30. The highest BCUT2D eigenvalue weighted by atomic mass is 16.2. The second-order valence-corrected chi connectivity index (χ2v) is 5.98. The third-order valence-corrected chi connectivity index (χ3v) is 4.17. The Morgan fingerprint density at radius 3 is 2.68 bits per heavy atom. The first kappa shape index (κ1) is 14.7. The summed E-state index contributed by atoms with van der Waals surface area (Å²) in [4.78, 5) is 23.0. The third-order valence-electron chi connectivity index (χ3n) is 4.17. The predicted octanol–water partition coefficient (Wildman–Crippen LogP) is 1.99. The lowest BCUT2D eigenvalue weighted by Gasteiger charge is -2.18. The highest BCUT2D eigenvalue weighted by Crippen LogP contribution is 2.24. The van der Waals surface area contributed by atoms with Crippen LogP contribution in [0.5, 0.6) is 0 Å². The van der Waals surface area contributed by atoms with E-state index < -0.39 is 0 Å². The molecule has 1 atom stereocenters. The SMILES string of the molecule is Cc1cc(C)n([C@H]2CCN(C(=O)c3cnc(C)nc3C)C2)n1. The van der Waals surface area contributed by atoms with E-state index in [0.29, 0.717) is 17.9 Å². The number of hydrogen-bond acceptors (Lipinski definition) is 4. The molecule has 3 rings (SSSR count). The number of aryl methyl sites for hydroxylation is 4. The van der Waals surface area contributed by atoms with Crippen molar-refractivity contribution in [2.75, 3.05) is 13.1 Å². The molecular weight excluding hydrogens is 278 g/mol. The molecule has 0 N–H and O–H groups in total. The molecule has 22 heavy (non-hydrogen) atoms. The first-order valence-electron chi connectivity index (χ1n) is 7.58. The van der Waals surface area contributed by atoms with Gasteiger partial charge in [0.2, 0.25) is 0 Å². The number of rotatable bonds is 2. The molecule has 0 aliphatic carbocycles. The monoisotopic (exact) mass is 299 g/mol. The van der Waals surface area contributed by atoms with Gasteiger partial charge in [0, 0.05) is 25.0 Å². The summed E-state index contributed by atoms with van der Waals surface area (Å²) in [6, 6.07) is 2.33. The number of carbonyl (C=O) groups is 1. The van der Waals surface area contributed by atoms with Crippen molar-refractivity contribution in [3.05, 3.63) is 40.7 Å². The van der Waals surface area contributed by atoms with E-state index in [9.17, 15) is 4.79 Å². The van der Waals surface area contributed by atoms with Crippen molar-refractivity contribution >= 4 is 5.91 Å². The van der Waals surface area contributed by atoms with Crippen molar-refractivity contribution in [1.82, 2.24) is 24.6 Å². The van der Waals surface area contributed by atoms with Crippen molar-refractivity contribution in [1.29, 1.82) is 0 Å². The van der Waals surface area contributed by atoms with Crippen LogP contribution in [0.15, 0.2) is 12.3 Å². The zero-order chi connectivity index (χ0) is 15.9. The van der Waals surface area contributed by atoms with Gasteiger partial charge in [0.25, 0.3) is 5.91 Å². The van der Waals surface area contributed by atoms with E-state index in [2.05, 4.69) is 28.1 Å². The second kappa shape index (κ2) is 5.51. The Kier molecular flexibility index (Phi) is 3.68. The molecule has 1 saturated heterocycles. The highest BCUT2D eigenvalue weighted by Gasteiger charge is 2.30. The van der Waals surface area contributed by atoms with Crippen LogP contribution in [0.2, 0.25) is 0 Å². The summed E-state index contributed by atoms with van der Waals surface area (Å²) in [5.41, 5.74) is 3.50. The lowest BCUT2D eigenvalue weighted by atomic mass is 10.2. The number of carbonyl (C=O) groups excluding carboxylic acids is 1. The zero-order valence-corrected chi connectivity index (χ0v) is 13.5. The van der Waals surface area contributed by atoms with Gasteiger partial charge in [-0.05, 0) is 40.2 Å². The van der Waals surface area contributed by atoms with Crippen LogP contribution in [0.4, 0.5) is 0 Å². The van der Waals surface area contributed by atoms with Gasteiger partial charge in [-0.25, -0.2) is 9.97 Å². The lowest BCUT2D eigenvalue weighted by molar-refractivity contribution is 0.0785. The van der Waals surface area contributed by atoms with Crippen LogP contribution in [0.1, 0.15) is 45.7 Å².